The first-order valence-corrected chi connectivity index (χ1v) is 6.90. The molecule has 1 saturated heterocycles. The maximum atomic E-state index is 12.4. The smallest absolute Gasteiger partial charge is 0.333 e. The Kier molecular flexibility index (Phi) is 4.47. The van der Waals surface area contributed by atoms with E-state index in [1.807, 2.05) is 6.92 Å². The van der Waals surface area contributed by atoms with Crippen LogP contribution >= 0.6 is 0 Å². The van der Waals surface area contributed by atoms with Crippen LogP contribution in [0.4, 0.5) is 4.79 Å². The van der Waals surface area contributed by atoms with E-state index in [0.717, 1.165) is 0 Å². The minimum atomic E-state index is -1.46. The summed E-state index contributed by atoms with van der Waals surface area (Å²) in [7, 11) is 0. The van der Waals surface area contributed by atoms with Crippen LogP contribution < -0.4 is 5.32 Å². The molecule has 1 aromatic carbocycles. The zero-order valence-electron chi connectivity index (χ0n) is 12.2. The molecule has 0 aromatic heterocycles. The lowest BCUT2D eigenvalue weighted by Crippen LogP contribution is -2.58. The summed E-state index contributed by atoms with van der Waals surface area (Å²) >= 11 is 0. The van der Waals surface area contributed by atoms with Crippen LogP contribution in [0.1, 0.15) is 19.4 Å². The van der Waals surface area contributed by atoms with Crippen LogP contribution in [-0.4, -0.2) is 47.8 Å². The van der Waals surface area contributed by atoms with E-state index in [2.05, 4.69) is 5.32 Å². The maximum Gasteiger partial charge on any atom is 0.333 e. The van der Waals surface area contributed by atoms with Gasteiger partial charge in [0, 0.05) is 6.54 Å². The molecule has 1 aliphatic heterocycles. The highest BCUT2D eigenvalue weighted by Gasteiger charge is 2.39. The van der Waals surface area contributed by atoms with Crippen molar-refractivity contribution in [3.05, 3.63) is 35.9 Å². The van der Waals surface area contributed by atoms with Crippen LogP contribution in [-0.2, 0) is 15.1 Å². The van der Waals surface area contributed by atoms with Crippen molar-refractivity contribution < 1.29 is 19.4 Å². The van der Waals surface area contributed by atoms with Crippen molar-refractivity contribution in [1.29, 1.82) is 0 Å². The highest BCUT2D eigenvalue weighted by molar-refractivity contribution is 5.87. The van der Waals surface area contributed by atoms with E-state index in [0.29, 0.717) is 25.3 Å². The molecule has 2 amide bonds. The lowest BCUT2D eigenvalue weighted by atomic mass is 9.92. The van der Waals surface area contributed by atoms with Gasteiger partial charge < -0.3 is 20.1 Å². The average Bonchev–Trinajstić information content (AvgIpc) is 2.48. The number of aliphatic carboxylic acids is 1. The molecular weight excluding hydrogens is 272 g/mol. The number of amides is 2. The number of benzene rings is 1. The number of hydrogen-bond donors (Lipinski definition) is 2. The van der Waals surface area contributed by atoms with Crippen LogP contribution in [0, 0.1) is 0 Å². The molecule has 21 heavy (non-hydrogen) atoms. The van der Waals surface area contributed by atoms with Crippen molar-refractivity contribution in [1.82, 2.24) is 10.2 Å². The molecule has 2 rings (SSSR count). The van der Waals surface area contributed by atoms with Gasteiger partial charge in [-0.1, -0.05) is 30.3 Å². The summed E-state index contributed by atoms with van der Waals surface area (Å²) in [6.45, 7) is 4.75. The third-order valence-electron chi connectivity index (χ3n) is 3.76. The molecule has 1 aromatic rings. The van der Waals surface area contributed by atoms with Gasteiger partial charge in [0.05, 0.1) is 19.3 Å². The van der Waals surface area contributed by atoms with Gasteiger partial charge in [0.2, 0.25) is 0 Å². The fourth-order valence-electron chi connectivity index (χ4n) is 2.34. The van der Waals surface area contributed by atoms with E-state index in [-0.39, 0.29) is 12.1 Å². The summed E-state index contributed by atoms with van der Waals surface area (Å²) < 4.78 is 5.29. The third kappa shape index (κ3) is 3.16. The number of urea groups is 1. The van der Waals surface area contributed by atoms with Crippen LogP contribution in [0.25, 0.3) is 0 Å². The quantitative estimate of drug-likeness (QED) is 0.883. The average molecular weight is 292 g/mol. The molecule has 6 nitrogen and oxygen atoms in total. The fraction of sp³-hybridized carbons (Fsp3) is 0.467. The molecule has 1 fully saturated rings. The molecule has 6 heteroatoms. The van der Waals surface area contributed by atoms with Gasteiger partial charge in [-0.15, -0.1) is 0 Å². The largest absolute Gasteiger partial charge is 0.479 e. The normalized spacial score (nSPS) is 21.4. The van der Waals surface area contributed by atoms with Crippen molar-refractivity contribution >= 4 is 12.0 Å². The second-order valence-electron chi connectivity index (χ2n) is 5.34. The summed E-state index contributed by atoms with van der Waals surface area (Å²) in [6, 6.07) is 8.22. The van der Waals surface area contributed by atoms with E-state index >= 15 is 0 Å². The number of nitrogens with one attached hydrogen (secondary N) is 1. The molecule has 2 N–H and O–H groups in total. The standard InChI is InChI=1S/C15H20N2O4/c1-11-10-21-9-8-17(11)14(20)16-15(2,13(18)19)12-6-4-3-5-7-12/h3-7,11H,8-10H2,1-2H3,(H,16,20)(H,18,19). The first-order chi connectivity index (χ1) is 9.95. The van der Waals surface area contributed by atoms with Gasteiger partial charge in [0.25, 0.3) is 0 Å². The van der Waals surface area contributed by atoms with E-state index in [9.17, 15) is 14.7 Å². The summed E-state index contributed by atoms with van der Waals surface area (Å²) in [4.78, 5) is 25.7. The Bertz CT molecular complexity index is 520. The van der Waals surface area contributed by atoms with Crippen LogP contribution in [0.3, 0.4) is 0 Å². The number of ether oxygens (including phenoxy) is 1. The van der Waals surface area contributed by atoms with E-state index in [4.69, 9.17) is 4.74 Å². The van der Waals surface area contributed by atoms with Crippen LogP contribution in [0.15, 0.2) is 30.3 Å². The first kappa shape index (κ1) is 15.3. The number of morpholine rings is 1. The summed E-state index contributed by atoms with van der Waals surface area (Å²) in [5.41, 5.74) is -0.928. The van der Waals surface area contributed by atoms with Crippen molar-refractivity contribution in [3.63, 3.8) is 0 Å². The summed E-state index contributed by atoms with van der Waals surface area (Å²) in [6.07, 6.45) is 0. The van der Waals surface area contributed by atoms with E-state index < -0.39 is 11.5 Å². The highest BCUT2D eigenvalue weighted by Crippen LogP contribution is 2.22. The molecule has 0 spiro atoms. The zero-order chi connectivity index (χ0) is 15.5. The van der Waals surface area contributed by atoms with Crippen molar-refractivity contribution in [2.45, 2.75) is 25.4 Å². The minimum Gasteiger partial charge on any atom is -0.479 e. The Morgan fingerprint density at radius 1 is 1.38 bits per heavy atom. The lowest BCUT2D eigenvalue weighted by Gasteiger charge is -2.36. The van der Waals surface area contributed by atoms with Gasteiger partial charge in [-0.25, -0.2) is 9.59 Å². The molecule has 0 saturated carbocycles. The maximum absolute atomic E-state index is 12.4. The van der Waals surface area contributed by atoms with Crippen molar-refractivity contribution in [2.75, 3.05) is 19.8 Å². The van der Waals surface area contributed by atoms with Crippen molar-refractivity contribution in [3.8, 4) is 0 Å². The highest BCUT2D eigenvalue weighted by atomic mass is 16.5. The van der Waals surface area contributed by atoms with Gasteiger partial charge in [-0.3, -0.25) is 0 Å². The number of carbonyl (C=O) groups excluding carboxylic acids is 1. The lowest BCUT2D eigenvalue weighted by molar-refractivity contribution is -0.144. The van der Waals surface area contributed by atoms with Gasteiger partial charge in [-0.05, 0) is 19.4 Å². The number of carbonyl (C=O) groups is 2. The number of carboxylic acid groups (broad SMARTS) is 1. The Hall–Kier alpha value is -2.08. The Labute approximate surface area is 123 Å². The van der Waals surface area contributed by atoms with E-state index in [1.165, 1.54) is 6.92 Å². The molecule has 0 bridgehead atoms. The monoisotopic (exact) mass is 292 g/mol. The SMILES string of the molecule is CC1COCCN1C(=O)NC(C)(C(=O)O)c1ccccc1. The molecular formula is C15H20N2O4. The van der Waals surface area contributed by atoms with Gasteiger partial charge >= 0.3 is 12.0 Å². The Balaban J connectivity index is 2.20. The Morgan fingerprint density at radius 2 is 2.05 bits per heavy atom. The number of hydrogen-bond acceptors (Lipinski definition) is 3. The predicted octanol–water partition coefficient (Wildman–Crippen LogP) is 1.42. The molecule has 114 valence electrons. The van der Waals surface area contributed by atoms with Gasteiger partial charge in [0.15, 0.2) is 5.54 Å². The first-order valence-electron chi connectivity index (χ1n) is 6.90. The Morgan fingerprint density at radius 3 is 2.62 bits per heavy atom. The minimum absolute atomic E-state index is 0.0763. The third-order valence-corrected chi connectivity index (χ3v) is 3.76. The van der Waals surface area contributed by atoms with Crippen LogP contribution in [0.5, 0.6) is 0 Å². The fourth-order valence-corrected chi connectivity index (χ4v) is 2.34. The molecule has 2 atom stereocenters. The number of nitrogens with zero attached hydrogens (tertiary/aromatic N) is 1. The number of rotatable bonds is 3. The second kappa shape index (κ2) is 6.13. The molecule has 0 aliphatic carbocycles. The summed E-state index contributed by atoms with van der Waals surface area (Å²) in [5.74, 6) is -1.09. The van der Waals surface area contributed by atoms with Gasteiger partial charge in [-0.2, -0.15) is 0 Å². The molecule has 0 radical (unpaired) electrons. The number of carboxylic acids is 1. The topological polar surface area (TPSA) is 78.9 Å². The molecule has 2 unspecified atom stereocenters. The zero-order valence-corrected chi connectivity index (χ0v) is 12.2. The van der Waals surface area contributed by atoms with Crippen LogP contribution in [0.2, 0.25) is 0 Å². The predicted molar refractivity (Wildman–Crippen MR) is 76.9 cm³/mol. The van der Waals surface area contributed by atoms with Crippen molar-refractivity contribution in [2.24, 2.45) is 0 Å². The second-order valence-corrected chi connectivity index (χ2v) is 5.34. The molecule has 1 aliphatic rings. The van der Waals surface area contributed by atoms with E-state index in [1.54, 1.807) is 35.2 Å². The molecule has 1 heterocycles. The van der Waals surface area contributed by atoms with Gasteiger partial charge in [0.1, 0.15) is 0 Å². The summed E-state index contributed by atoms with van der Waals surface area (Å²) in [5, 5.41) is 12.2.